The van der Waals surface area contributed by atoms with Gasteiger partial charge in [-0.25, -0.2) is 0 Å². The lowest BCUT2D eigenvalue weighted by atomic mass is 10.1. The fourth-order valence-electron chi connectivity index (χ4n) is 1.06. The van der Waals surface area contributed by atoms with E-state index in [2.05, 4.69) is 15.2 Å². The Hall–Kier alpha value is -1.75. The van der Waals surface area contributed by atoms with Crippen molar-refractivity contribution < 1.29 is 9.52 Å². The Morgan fingerprint density at radius 1 is 1.27 bits per heavy atom. The van der Waals surface area contributed by atoms with Gasteiger partial charge >= 0.3 is 0 Å². The van der Waals surface area contributed by atoms with E-state index in [-0.39, 0.29) is 5.89 Å². The van der Waals surface area contributed by atoms with Gasteiger partial charge in [0.25, 0.3) is 5.89 Å². The molecule has 5 nitrogen and oxygen atoms in total. The molecule has 78 valence electrons. The van der Waals surface area contributed by atoms with Gasteiger partial charge in [-0.05, 0) is 26.0 Å². The van der Waals surface area contributed by atoms with E-state index in [9.17, 15) is 5.11 Å². The molecule has 2 aromatic heterocycles. The SMILES string of the molecule is CC(C)(O)c1nnc(-c2ccccn2)o1. The molecule has 0 saturated carbocycles. The van der Waals surface area contributed by atoms with Crippen LogP contribution in [0.4, 0.5) is 0 Å². The predicted molar refractivity (Wildman–Crippen MR) is 52.8 cm³/mol. The van der Waals surface area contributed by atoms with Crippen LogP contribution >= 0.6 is 0 Å². The summed E-state index contributed by atoms with van der Waals surface area (Å²) in [5.74, 6) is 0.496. The highest BCUT2D eigenvalue weighted by atomic mass is 16.4. The van der Waals surface area contributed by atoms with E-state index >= 15 is 0 Å². The highest BCUT2D eigenvalue weighted by Crippen LogP contribution is 2.21. The van der Waals surface area contributed by atoms with E-state index in [1.165, 1.54) is 0 Å². The molecule has 0 atom stereocenters. The van der Waals surface area contributed by atoms with Crippen LogP contribution in [0.15, 0.2) is 28.8 Å². The quantitative estimate of drug-likeness (QED) is 0.801. The first-order chi connectivity index (χ1) is 7.07. The molecule has 0 aromatic carbocycles. The number of aliphatic hydroxyl groups is 1. The smallest absolute Gasteiger partial charge is 0.266 e. The number of rotatable bonds is 2. The zero-order valence-electron chi connectivity index (χ0n) is 8.51. The highest BCUT2D eigenvalue weighted by molar-refractivity contribution is 5.44. The summed E-state index contributed by atoms with van der Waals surface area (Å²) >= 11 is 0. The highest BCUT2D eigenvalue weighted by Gasteiger charge is 2.24. The predicted octanol–water partition coefficient (Wildman–Crippen LogP) is 1.36. The van der Waals surface area contributed by atoms with Crippen LogP contribution in [0.1, 0.15) is 19.7 Å². The summed E-state index contributed by atoms with van der Waals surface area (Å²) in [7, 11) is 0. The third kappa shape index (κ3) is 2.02. The normalized spacial score (nSPS) is 11.7. The molecule has 15 heavy (non-hydrogen) atoms. The summed E-state index contributed by atoms with van der Waals surface area (Å²) in [5, 5.41) is 17.2. The van der Waals surface area contributed by atoms with E-state index in [0.29, 0.717) is 11.6 Å². The molecule has 2 heterocycles. The van der Waals surface area contributed by atoms with Gasteiger partial charge in [-0.2, -0.15) is 0 Å². The lowest BCUT2D eigenvalue weighted by Gasteiger charge is -2.09. The van der Waals surface area contributed by atoms with Crippen molar-refractivity contribution in [1.29, 1.82) is 0 Å². The van der Waals surface area contributed by atoms with Crippen molar-refractivity contribution in [2.75, 3.05) is 0 Å². The maximum Gasteiger partial charge on any atom is 0.266 e. The van der Waals surface area contributed by atoms with E-state index in [0.717, 1.165) is 0 Å². The topological polar surface area (TPSA) is 72.0 Å². The molecule has 0 unspecified atom stereocenters. The molecule has 0 bridgehead atoms. The van der Waals surface area contributed by atoms with Crippen molar-refractivity contribution in [3.63, 3.8) is 0 Å². The van der Waals surface area contributed by atoms with Gasteiger partial charge in [-0.15, -0.1) is 10.2 Å². The van der Waals surface area contributed by atoms with Crippen molar-refractivity contribution in [2.24, 2.45) is 0 Å². The number of pyridine rings is 1. The average molecular weight is 205 g/mol. The molecule has 5 heteroatoms. The van der Waals surface area contributed by atoms with Crippen LogP contribution in [0.2, 0.25) is 0 Å². The standard InChI is InChI=1S/C10H11N3O2/c1-10(2,14)9-13-12-8(15-9)7-5-3-4-6-11-7/h3-6,14H,1-2H3. The van der Waals surface area contributed by atoms with E-state index in [4.69, 9.17) is 4.42 Å². The fourth-order valence-corrected chi connectivity index (χ4v) is 1.06. The summed E-state index contributed by atoms with van der Waals surface area (Å²) < 4.78 is 5.30. The van der Waals surface area contributed by atoms with Gasteiger partial charge in [-0.3, -0.25) is 4.98 Å². The zero-order chi connectivity index (χ0) is 10.9. The lowest BCUT2D eigenvalue weighted by molar-refractivity contribution is 0.0487. The monoisotopic (exact) mass is 205 g/mol. The first kappa shape index (κ1) is 9.79. The minimum atomic E-state index is -1.12. The molecule has 0 spiro atoms. The molecular formula is C10H11N3O2. The molecule has 0 aliphatic rings. The van der Waals surface area contributed by atoms with Crippen molar-refractivity contribution >= 4 is 0 Å². The molecule has 0 radical (unpaired) electrons. The van der Waals surface area contributed by atoms with Crippen LogP contribution in [-0.4, -0.2) is 20.3 Å². The maximum absolute atomic E-state index is 9.63. The summed E-state index contributed by atoms with van der Waals surface area (Å²) in [6.07, 6.45) is 1.64. The van der Waals surface area contributed by atoms with Crippen LogP contribution in [0, 0.1) is 0 Å². The average Bonchev–Trinajstić information content (AvgIpc) is 2.67. The number of nitrogens with zero attached hydrogens (tertiary/aromatic N) is 3. The van der Waals surface area contributed by atoms with Gasteiger partial charge < -0.3 is 9.52 Å². The molecule has 0 aliphatic heterocycles. The maximum atomic E-state index is 9.63. The van der Waals surface area contributed by atoms with Crippen LogP contribution < -0.4 is 0 Å². The molecule has 1 N–H and O–H groups in total. The molecule has 0 fully saturated rings. The summed E-state index contributed by atoms with van der Waals surface area (Å²) in [5.41, 5.74) is -0.527. The molecule has 0 amide bonds. The molecular weight excluding hydrogens is 194 g/mol. The van der Waals surface area contributed by atoms with Gasteiger partial charge in [-0.1, -0.05) is 6.07 Å². The molecule has 2 aromatic rings. The zero-order valence-corrected chi connectivity index (χ0v) is 8.51. The third-order valence-corrected chi connectivity index (χ3v) is 1.83. The van der Waals surface area contributed by atoms with Crippen LogP contribution in [-0.2, 0) is 5.60 Å². The van der Waals surface area contributed by atoms with Crippen molar-refractivity contribution in [3.8, 4) is 11.6 Å². The number of hydrogen-bond acceptors (Lipinski definition) is 5. The van der Waals surface area contributed by atoms with Gasteiger partial charge in [0, 0.05) is 6.20 Å². The lowest BCUT2D eigenvalue weighted by Crippen LogP contribution is -2.15. The second-order valence-corrected chi connectivity index (χ2v) is 3.69. The second kappa shape index (κ2) is 3.43. The van der Waals surface area contributed by atoms with E-state index in [1.807, 2.05) is 6.07 Å². The first-order valence-electron chi connectivity index (χ1n) is 4.55. The van der Waals surface area contributed by atoms with Crippen molar-refractivity contribution in [3.05, 3.63) is 30.3 Å². The second-order valence-electron chi connectivity index (χ2n) is 3.69. The third-order valence-electron chi connectivity index (χ3n) is 1.83. The first-order valence-corrected chi connectivity index (χ1v) is 4.55. The fraction of sp³-hybridized carbons (Fsp3) is 0.300. The van der Waals surface area contributed by atoms with Gasteiger partial charge in [0.1, 0.15) is 11.3 Å². The van der Waals surface area contributed by atoms with Crippen LogP contribution in [0.25, 0.3) is 11.6 Å². The van der Waals surface area contributed by atoms with Gasteiger partial charge in [0.2, 0.25) is 5.89 Å². The summed E-state index contributed by atoms with van der Waals surface area (Å²) in [6, 6.07) is 5.40. The van der Waals surface area contributed by atoms with Crippen LogP contribution in [0.5, 0.6) is 0 Å². The molecule has 0 aliphatic carbocycles. The molecule has 0 saturated heterocycles. The Morgan fingerprint density at radius 2 is 2.07 bits per heavy atom. The largest absolute Gasteiger partial charge is 0.416 e. The van der Waals surface area contributed by atoms with E-state index < -0.39 is 5.60 Å². The van der Waals surface area contributed by atoms with Crippen molar-refractivity contribution in [1.82, 2.24) is 15.2 Å². The molecule has 2 rings (SSSR count). The van der Waals surface area contributed by atoms with Gasteiger partial charge in [0.15, 0.2) is 0 Å². The number of hydrogen-bond donors (Lipinski definition) is 1. The minimum Gasteiger partial charge on any atom is -0.416 e. The Kier molecular flexibility index (Phi) is 2.24. The number of aromatic nitrogens is 3. The Balaban J connectivity index is 2.37. The summed E-state index contributed by atoms with van der Waals surface area (Å²) in [6.45, 7) is 3.17. The van der Waals surface area contributed by atoms with Crippen LogP contribution in [0.3, 0.4) is 0 Å². The Bertz CT molecular complexity index is 445. The minimum absolute atomic E-state index is 0.183. The summed E-state index contributed by atoms with van der Waals surface area (Å²) in [4.78, 5) is 4.07. The van der Waals surface area contributed by atoms with Gasteiger partial charge in [0.05, 0.1) is 0 Å². The van der Waals surface area contributed by atoms with Crippen molar-refractivity contribution in [2.45, 2.75) is 19.4 Å². The Morgan fingerprint density at radius 3 is 2.60 bits per heavy atom. The Labute approximate surface area is 86.8 Å². The van der Waals surface area contributed by atoms with E-state index in [1.54, 1.807) is 32.2 Å².